The first-order valence-corrected chi connectivity index (χ1v) is 6.73. The van der Waals surface area contributed by atoms with Crippen LogP contribution in [0.5, 0.6) is 0 Å². The average Bonchev–Trinajstić information content (AvgIpc) is 2.35. The molecule has 2 N–H and O–H groups in total. The zero-order valence-corrected chi connectivity index (χ0v) is 11.2. The maximum atomic E-state index is 3.50. The molecule has 2 heteroatoms. The Morgan fingerprint density at radius 2 is 2.18 bits per heavy atom. The van der Waals surface area contributed by atoms with Crippen LogP contribution in [-0.2, 0) is 6.42 Å². The minimum Gasteiger partial charge on any atom is -0.316 e. The van der Waals surface area contributed by atoms with Crippen LogP contribution in [0, 0.1) is 6.92 Å². The van der Waals surface area contributed by atoms with Crippen molar-refractivity contribution in [1.82, 2.24) is 10.6 Å². The van der Waals surface area contributed by atoms with Crippen molar-refractivity contribution in [1.29, 1.82) is 0 Å². The highest BCUT2D eigenvalue weighted by Crippen LogP contribution is 2.31. The second-order valence-corrected chi connectivity index (χ2v) is 5.05. The molecule has 2 nitrogen and oxygen atoms in total. The lowest BCUT2D eigenvalue weighted by Crippen LogP contribution is -2.41. The van der Waals surface area contributed by atoms with Crippen molar-refractivity contribution >= 4 is 0 Å². The molecule has 0 saturated carbocycles. The maximum Gasteiger partial charge on any atom is 0.0148 e. The van der Waals surface area contributed by atoms with Crippen LogP contribution in [0.4, 0.5) is 0 Å². The van der Waals surface area contributed by atoms with Crippen LogP contribution in [0.3, 0.4) is 0 Å². The minimum atomic E-state index is 0.615. The first-order chi connectivity index (χ1) is 8.26. The number of hydrogen-bond acceptors (Lipinski definition) is 2. The fourth-order valence-electron chi connectivity index (χ4n) is 2.94. The molecule has 17 heavy (non-hydrogen) atoms. The van der Waals surface area contributed by atoms with Gasteiger partial charge >= 0.3 is 0 Å². The van der Waals surface area contributed by atoms with Gasteiger partial charge in [-0.25, -0.2) is 0 Å². The second kappa shape index (κ2) is 5.65. The topological polar surface area (TPSA) is 24.1 Å². The van der Waals surface area contributed by atoms with Gasteiger partial charge in [0.05, 0.1) is 0 Å². The Balaban J connectivity index is 2.26. The molecule has 94 valence electrons. The molecular weight excluding hydrogens is 208 g/mol. The van der Waals surface area contributed by atoms with Gasteiger partial charge in [0.15, 0.2) is 0 Å². The monoisotopic (exact) mass is 232 g/mol. The molecule has 0 spiro atoms. The number of hydrogen-bond donors (Lipinski definition) is 2. The molecule has 2 rings (SSSR count). The Bertz CT molecular complexity index is 373. The van der Waals surface area contributed by atoms with Crippen molar-refractivity contribution in [2.45, 2.75) is 38.6 Å². The first kappa shape index (κ1) is 12.6. The fourth-order valence-corrected chi connectivity index (χ4v) is 2.94. The molecule has 1 aliphatic carbocycles. The van der Waals surface area contributed by atoms with E-state index < -0.39 is 0 Å². The highest BCUT2D eigenvalue weighted by Gasteiger charge is 2.27. The van der Waals surface area contributed by atoms with Crippen molar-refractivity contribution < 1.29 is 0 Å². The Morgan fingerprint density at radius 1 is 1.35 bits per heavy atom. The molecule has 2 unspecified atom stereocenters. The highest BCUT2D eigenvalue weighted by molar-refractivity contribution is 5.37. The van der Waals surface area contributed by atoms with Crippen molar-refractivity contribution in [3.05, 3.63) is 34.9 Å². The van der Waals surface area contributed by atoms with E-state index >= 15 is 0 Å². The van der Waals surface area contributed by atoms with Gasteiger partial charge in [-0.2, -0.15) is 0 Å². The van der Waals surface area contributed by atoms with E-state index in [4.69, 9.17) is 0 Å². The van der Waals surface area contributed by atoms with Crippen LogP contribution >= 0.6 is 0 Å². The normalized spacial score (nSPS) is 23.5. The van der Waals surface area contributed by atoms with Gasteiger partial charge in [0, 0.05) is 18.5 Å². The molecule has 0 aromatic heterocycles. The number of rotatable bonds is 4. The van der Waals surface area contributed by atoms with Crippen LogP contribution in [0.15, 0.2) is 18.2 Å². The van der Waals surface area contributed by atoms with Crippen LogP contribution in [0.2, 0.25) is 0 Å². The van der Waals surface area contributed by atoms with Crippen LogP contribution in [-0.4, -0.2) is 26.2 Å². The van der Waals surface area contributed by atoms with Crippen LogP contribution in [0.1, 0.15) is 36.0 Å². The van der Waals surface area contributed by atoms with E-state index in [2.05, 4.69) is 49.7 Å². The van der Waals surface area contributed by atoms with E-state index in [1.165, 1.54) is 18.4 Å². The van der Waals surface area contributed by atoms with Gasteiger partial charge in [0.25, 0.3) is 0 Å². The molecule has 2 atom stereocenters. The molecule has 0 saturated heterocycles. The number of likely N-dealkylation sites (N-methyl/N-ethyl adjacent to an activating group) is 2. The highest BCUT2D eigenvalue weighted by atomic mass is 14.9. The van der Waals surface area contributed by atoms with Gasteiger partial charge in [0.2, 0.25) is 0 Å². The summed E-state index contributed by atoms with van der Waals surface area (Å²) in [5.74, 6) is 0.615. The smallest absolute Gasteiger partial charge is 0.0148 e. The molecular formula is C15H24N2. The van der Waals surface area contributed by atoms with Crippen molar-refractivity contribution in [3.63, 3.8) is 0 Å². The van der Waals surface area contributed by atoms with Crippen LogP contribution < -0.4 is 10.6 Å². The Morgan fingerprint density at radius 3 is 2.88 bits per heavy atom. The van der Waals surface area contributed by atoms with Gasteiger partial charge in [-0.1, -0.05) is 30.7 Å². The lowest BCUT2D eigenvalue weighted by atomic mass is 9.78. The van der Waals surface area contributed by atoms with Crippen LogP contribution in [0.25, 0.3) is 0 Å². The molecule has 0 radical (unpaired) electrons. The van der Waals surface area contributed by atoms with E-state index in [0.29, 0.717) is 12.0 Å². The number of aryl methyl sites for hydroxylation is 2. The molecule has 0 fully saturated rings. The van der Waals surface area contributed by atoms with E-state index in [-0.39, 0.29) is 0 Å². The second-order valence-electron chi connectivity index (χ2n) is 5.05. The summed E-state index contributed by atoms with van der Waals surface area (Å²) in [6.45, 7) is 6.49. The lowest BCUT2D eigenvalue weighted by Gasteiger charge is -2.34. The van der Waals surface area contributed by atoms with Gasteiger partial charge in [-0.3, -0.25) is 0 Å². The number of fused-ring (bicyclic) bond motifs is 1. The standard InChI is InChI=1S/C15H24N2/c1-4-17-10-14-13-7-5-11(2)9-12(13)6-8-15(14)16-3/h5,7,9,14-17H,4,6,8,10H2,1-3H3. The third kappa shape index (κ3) is 2.70. The summed E-state index contributed by atoms with van der Waals surface area (Å²) in [7, 11) is 2.09. The Kier molecular flexibility index (Phi) is 4.19. The zero-order chi connectivity index (χ0) is 12.3. The van der Waals surface area contributed by atoms with Crippen molar-refractivity contribution in [2.75, 3.05) is 20.1 Å². The van der Waals surface area contributed by atoms with Crippen molar-refractivity contribution in [2.24, 2.45) is 0 Å². The predicted molar refractivity (Wildman–Crippen MR) is 73.6 cm³/mol. The Labute approximate surface area is 105 Å². The number of benzene rings is 1. The zero-order valence-electron chi connectivity index (χ0n) is 11.2. The average molecular weight is 232 g/mol. The minimum absolute atomic E-state index is 0.615. The molecule has 0 heterocycles. The molecule has 1 aromatic carbocycles. The van der Waals surface area contributed by atoms with E-state index in [1.807, 2.05) is 0 Å². The molecule has 0 aliphatic heterocycles. The van der Waals surface area contributed by atoms with E-state index in [1.54, 1.807) is 11.1 Å². The summed E-state index contributed by atoms with van der Waals surface area (Å²) >= 11 is 0. The van der Waals surface area contributed by atoms with Gasteiger partial charge < -0.3 is 10.6 Å². The molecule has 1 aliphatic rings. The lowest BCUT2D eigenvalue weighted by molar-refractivity contribution is 0.397. The summed E-state index contributed by atoms with van der Waals surface area (Å²) in [6, 6.07) is 7.55. The van der Waals surface area contributed by atoms with Crippen molar-refractivity contribution in [3.8, 4) is 0 Å². The predicted octanol–water partition coefficient (Wildman–Crippen LogP) is 2.22. The largest absolute Gasteiger partial charge is 0.316 e. The Hall–Kier alpha value is -0.860. The molecule has 0 bridgehead atoms. The summed E-state index contributed by atoms with van der Waals surface area (Å²) in [5.41, 5.74) is 4.48. The molecule has 0 amide bonds. The summed E-state index contributed by atoms with van der Waals surface area (Å²) < 4.78 is 0. The van der Waals surface area contributed by atoms with Gasteiger partial charge in [-0.05, 0) is 44.5 Å². The molecule has 1 aromatic rings. The first-order valence-electron chi connectivity index (χ1n) is 6.73. The third-order valence-corrected chi connectivity index (χ3v) is 3.89. The SMILES string of the molecule is CCNCC1c2ccc(C)cc2CCC1NC. The summed E-state index contributed by atoms with van der Waals surface area (Å²) in [5, 5.41) is 6.98. The maximum absolute atomic E-state index is 3.50. The number of nitrogens with one attached hydrogen (secondary N) is 2. The van der Waals surface area contributed by atoms with E-state index in [9.17, 15) is 0 Å². The summed E-state index contributed by atoms with van der Waals surface area (Å²) in [4.78, 5) is 0. The van der Waals surface area contributed by atoms with Gasteiger partial charge in [-0.15, -0.1) is 0 Å². The van der Waals surface area contributed by atoms with E-state index in [0.717, 1.165) is 13.1 Å². The fraction of sp³-hybridized carbons (Fsp3) is 0.600. The summed E-state index contributed by atoms with van der Waals surface area (Å²) in [6.07, 6.45) is 2.47. The quantitative estimate of drug-likeness (QED) is 0.832. The third-order valence-electron chi connectivity index (χ3n) is 3.89. The van der Waals surface area contributed by atoms with Gasteiger partial charge in [0.1, 0.15) is 0 Å².